The molecular weight excluding hydrogens is 447 g/mol. The zero-order chi connectivity index (χ0) is 21.8. The number of ether oxygens (including phenoxy) is 1. The number of benzene rings is 1. The van der Waals surface area contributed by atoms with Gasteiger partial charge in [-0.25, -0.2) is 4.79 Å². The molecule has 0 atom stereocenters. The molecular formula is C21H14Cl2N2O4S. The van der Waals surface area contributed by atoms with Crippen LogP contribution in [0.4, 0.5) is 5.00 Å². The Bertz CT molecular complexity index is 1200. The van der Waals surface area contributed by atoms with E-state index in [4.69, 9.17) is 32.4 Å². The second-order valence-corrected chi connectivity index (χ2v) is 7.80. The monoisotopic (exact) mass is 460 g/mol. The molecule has 1 amide bonds. The van der Waals surface area contributed by atoms with Crippen LogP contribution in [0.3, 0.4) is 0 Å². The van der Waals surface area contributed by atoms with E-state index >= 15 is 0 Å². The normalized spacial score (nSPS) is 10.8. The summed E-state index contributed by atoms with van der Waals surface area (Å²) in [5, 5.41) is 13.0. The first-order chi connectivity index (χ1) is 14.3. The highest BCUT2D eigenvalue weighted by molar-refractivity contribution is 7.18. The van der Waals surface area contributed by atoms with Gasteiger partial charge in [-0.3, -0.25) is 4.79 Å². The van der Waals surface area contributed by atoms with Gasteiger partial charge >= 0.3 is 5.97 Å². The molecule has 2 aromatic heterocycles. The average Bonchev–Trinajstić information content (AvgIpc) is 3.32. The topological polar surface area (TPSA) is 92.3 Å². The molecule has 0 radical (unpaired) electrons. The van der Waals surface area contributed by atoms with Crippen LogP contribution in [0.1, 0.15) is 26.6 Å². The number of rotatable bonds is 5. The van der Waals surface area contributed by atoms with E-state index < -0.39 is 11.9 Å². The van der Waals surface area contributed by atoms with Crippen molar-refractivity contribution in [2.75, 3.05) is 12.4 Å². The van der Waals surface area contributed by atoms with Crippen molar-refractivity contribution < 1.29 is 18.7 Å². The number of furan rings is 1. The molecule has 1 N–H and O–H groups in total. The molecule has 0 saturated heterocycles. The van der Waals surface area contributed by atoms with Gasteiger partial charge in [-0.15, -0.1) is 11.3 Å². The maximum Gasteiger partial charge on any atom is 0.348 e. The summed E-state index contributed by atoms with van der Waals surface area (Å²) < 4.78 is 10.4. The van der Waals surface area contributed by atoms with Crippen LogP contribution in [0.15, 0.2) is 40.8 Å². The number of methoxy groups -OCH3 is 1. The zero-order valence-corrected chi connectivity index (χ0v) is 18.1. The smallest absolute Gasteiger partial charge is 0.348 e. The Morgan fingerprint density at radius 3 is 2.73 bits per heavy atom. The van der Waals surface area contributed by atoms with Crippen LogP contribution in [0, 0.1) is 18.3 Å². The maximum atomic E-state index is 12.3. The molecule has 0 aliphatic rings. The van der Waals surface area contributed by atoms with Crippen molar-refractivity contribution in [3.8, 4) is 17.4 Å². The molecule has 3 aromatic rings. The number of carbonyl (C=O) groups excluding carboxylic acids is 2. The van der Waals surface area contributed by atoms with Gasteiger partial charge in [0.05, 0.1) is 22.7 Å². The average molecular weight is 461 g/mol. The van der Waals surface area contributed by atoms with Crippen molar-refractivity contribution >= 4 is 57.5 Å². The van der Waals surface area contributed by atoms with Crippen LogP contribution in [0.25, 0.3) is 17.4 Å². The van der Waals surface area contributed by atoms with Crippen LogP contribution >= 0.6 is 34.5 Å². The Balaban J connectivity index is 1.76. The first-order valence-corrected chi connectivity index (χ1v) is 10.1. The van der Waals surface area contributed by atoms with E-state index in [0.717, 1.165) is 11.3 Å². The third-order valence-corrected chi connectivity index (χ3v) is 6.12. The summed E-state index contributed by atoms with van der Waals surface area (Å²) in [4.78, 5) is 24.4. The molecule has 0 bridgehead atoms. The van der Waals surface area contributed by atoms with Gasteiger partial charge in [0.1, 0.15) is 27.5 Å². The lowest BCUT2D eigenvalue weighted by Crippen LogP contribution is -2.07. The van der Waals surface area contributed by atoms with E-state index in [1.807, 2.05) is 6.07 Å². The molecule has 9 heteroatoms. The first kappa shape index (κ1) is 21.7. The van der Waals surface area contributed by atoms with E-state index in [1.54, 1.807) is 37.3 Å². The molecule has 1 aromatic carbocycles. The van der Waals surface area contributed by atoms with E-state index in [-0.39, 0.29) is 15.4 Å². The number of anilines is 1. The Labute approximate surface area is 186 Å². The summed E-state index contributed by atoms with van der Waals surface area (Å²) in [7, 11) is 1.25. The molecule has 0 aliphatic carbocycles. The Hall–Kier alpha value is -3.05. The van der Waals surface area contributed by atoms with Crippen molar-refractivity contribution in [3.63, 3.8) is 0 Å². The largest absolute Gasteiger partial charge is 0.465 e. The fourth-order valence-corrected chi connectivity index (χ4v) is 4.09. The summed E-state index contributed by atoms with van der Waals surface area (Å²) in [6, 6.07) is 10.6. The van der Waals surface area contributed by atoms with Gasteiger partial charge in [0.2, 0.25) is 5.91 Å². The summed E-state index contributed by atoms with van der Waals surface area (Å²) in [5.41, 5.74) is 1.32. The highest BCUT2D eigenvalue weighted by Crippen LogP contribution is 2.35. The first-order valence-electron chi connectivity index (χ1n) is 8.50. The highest BCUT2D eigenvalue weighted by atomic mass is 35.5. The van der Waals surface area contributed by atoms with Gasteiger partial charge in [0, 0.05) is 11.6 Å². The number of hydrogen-bond acceptors (Lipinski definition) is 6. The predicted octanol–water partition coefficient (Wildman–Crippen LogP) is 5.93. The number of hydrogen-bond donors (Lipinski definition) is 1. The van der Waals surface area contributed by atoms with Gasteiger partial charge in [0.15, 0.2) is 0 Å². The molecule has 0 aliphatic heterocycles. The second-order valence-electron chi connectivity index (χ2n) is 5.99. The minimum absolute atomic E-state index is 0.220. The van der Waals surface area contributed by atoms with Crippen molar-refractivity contribution in [2.24, 2.45) is 0 Å². The minimum Gasteiger partial charge on any atom is -0.465 e. The predicted molar refractivity (Wildman–Crippen MR) is 117 cm³/mol. The Kier molecular flexibility index (Phi) is 6.63. The number of amides is 1. The quantitative estimate of drug-likeness (QED) is 0.375. The van der Waals surface area contributed by atoms with Gasteiger partial charge in [-0.1, -0.05) is 29.3 Å². The SMILES string of the molecule is COC(=O)c1sc(NC(=O)C=Cc2ccc(-c3cccc(Cl)c3Cl)o2)c(C#N)c1C. The maximum absolute atomic E-state index is 12.3. The van der Waals surface area contributed by atoms with Gasteiger partial charge < -0.3 is 14.5 Å². The summed E-state index contributed by atoms with van der Waals surface area (Å²) >= 11 is 13.2. The molecule has 0 unspecified atom stereocenters. The Morgan fingerprint density at radius 1 is 1.27 bits per heavy atom. The number of nitrogens with zero attached hydrogens (tertiary/aromatic N) is 1. The molecule has 152 valence electrons. The Morgan fingerprint density at radius 2 is 2.03 bits per heavy atom. The molecule has 0 spiro atoms. The molecule has 30 heavy (non-hydrogen) atoms. The molecule has 2 heterocycles. The van der Waals surface area contributed by atoms with Crippen molar-refractivity contribution in [2.45, 2.75) is 6.92 Å². The fraction of sp³-hybridized carbons (Fsp3) is 0.0952. The van der Waals surface area contributed by atoms with Crippen molar-refractivity contribution in [1.29, 1.82) is 5.26 Å². The standard InChI is InChI=1S/C21H14Cl2N2O4S/c1-11-14(10-24)20(30-19(11)21(27)28-2)25-17(26)9-7-12-6-8-16(29-12)13-4-3-5-15(22)18(13)23/h3-9H,1-2H3,(H,25,26). The van der Waals surface area contributed by atoms with E-state index in [0.29, 0.717) is 32.7 Å². The third-order valence-electron chi connectivity index (χ3n) is 4.11. The number of carbonyl (C=O) groups is 2. The van der Waals surface area contributed by atoms with Crippen molar-refractivity contribution in [3.05, 3.63) is 68.2 Å². The lowest BCUT2D eigenvalue weighted by Gasteiger charge is -2.02. The molecule has 0 saturated carbocycles. The van der Waals surface area contributed by atoms with E-state index in [9.17, 15) is 14.9 Å². The number of halogens is 2. The third kappa shape index (κ3) is 4.41. The molecule has 0 fully saturated rings. The van der Waals surface area contributed by atoms with Crippen molar-refractivity contribution in [1.82, 2.24) is 0 Å². The number of esters is 1. The van der Waals surface area contributed by atoms with Gasteiger partial charge in [0.25, 0.3) is 0 Å². The minimum atomic E-state index is -0.562. The van der Waals surface area contributed by atoms with Crippen LogP contribution in [0.2, 0.25) is 10.0 Å². The van der Waals surface area contributed by atoms with Crippen LogP contribution < -0.4 is 5.32 Å². The zero-order valence-electron chi connectivity index (χ0n) is 15.8. The number of thiophene rings is 1. The van der Waals surface area contributed by atoms with Crippen LogP contribution in [-0.4, -0.2) is 19.0 Å². The van der Waals surface area contributed by atoms with E-state index in [1.165, 1.54) is 19.3 Å². The summed E-state index contributed by atoms with van der Waals surface area (Å²) in [5.74, 6) is -0.115. The number of nitriles is 1. The van der Waals surface area contributed by atoms with Gasteiger partial charge in [-0.2, -0.15) is 5.26 Å². The highest BCUT2D eigenvalue weighted by Gasteiger charge is 2.21. The lowest BCUT2D eigenvalue weighted by atomic mass is 10.2. The summed E-state index contributed by atoms with van der Waals surface area (Å²) in [6.07, 6.45) is 2.74. The van der Waals surface area contributed by atoms with Crippen LogP contribution in [-0.2, 0) is 9.53 Å². The van der Waals surface area contributed by atoms with E-state index in [2.05, 4.69) is 5.32 Å². The number of nitrogens with one attached hydrogen (secondary N) is 1. The summed E-state index contributed by atoms with van der Waals surface area (Å²) in [6.45, 7) is 1.62. The van der Waals surface area contributed by atoms with Crippen LogP contribution in [0.5, 0.6) is 0 Å². The molecule has 6 nitrogen and oxygen atoms in total. The molecule has 3 rings (SSSR count). The fourth-order valence-electron chi connectivity index (χ4n) is 2.62. The lowest BCUT2D eigenvalue weighted by molar-refractivity contribution is -0.111. The second kappa shape index (κ2) is 9.18. The van der Waals surface area contributed by atoms with Gasteiger partial charge in [-0.05, 0) is 42.8 Å².